The van der Waals surface area contributed by atoms with E-state index in [1.165, 1.54) is 12.1 Å². The molecule has 1 aliphatic heterocycles. The maximum absolute atomic E-state index is 13.1. The average molecular weight is 444 g/mol. The quantitative estimate of drug-likeness (QED) is 0.592. The lowest BCUT2D eigenvalue weighted by molar-refractivity contribution is 0.0611. The maximum Gasteiger partial charge on any atom is 0.216 e. The van der Waals surface area contributed by atoms with Crippen molar-refractivity contribution in [2.75, 3.05) is 13.2 Å². The Morgan fingerprint density at radius 2 is 1.97 bits per heavy atom. The summed E-state index contributed by atoms with van der Waals surface area (Å²) in [6.45, 7) is 8.81. The number of fused-ring (bicyclic) bond motifs is 1. The molecule has 1 saturated heterocycles. The Bertz CT molecular complexity index is 1220. The first-order valence-corrected chi connectivity index (χ1v) is 12.3. The van der Waals surface area contributed by atoms with E-state index in [0.717, 1.165) is 55.3 Å². The lowest BCUT2D eigenvalue weighted by atomic mass is 9.94. The summed E-state index contributed by atoms with van der Waals surface area (Å²) in [6.07, 6.45) is 2.05. The molecule has 158 valence electrons. The van der Waals surface area contributed by atoms with Crippen LogP contribution in [0.5, 0.6) is 0 Å². The molecule has 4 rings (SSSR count). The Balaban J connectivity index is 1.78. The molecule has 0 N–H and O–H groups in total. The topological polar surface area (TPSA) is 85.0 Å². The molecule has 3 aromatic rings. The monoisotopic (exact) mass is 443 g/mol. The van der Waals surface area contributed by atoms with Gasteiger partial charge in [-0.2, -0.15) is 5.26 Å². The number of hydrogen-bond acceptors (Lipinski definition) is 6. The van der Waals surface area contributed by atoms with E-state index >= 15 is 0 Å². The van der Waals surface area contributed by atoms with E-state index < -0.39 is 9.84 Å². The molecule has 8 heteroatoms. The first-order valence-electron chi connectivity index (χ1n) is 10.0. The predicted octanol–water partition coefficient (Wildman–Crippen LogP) is 4.53. The minimum atomic E-state index is -3.68. The molecule has 1 aliphatic rings. The van der Waals surface area contributed by atoms with Crippen LogP contribution < -0.4 is 0 Å². The van der Waals surface area contributed by atoms with Crippen LogP contribution in [0, 0.1) is 17.2 Å². The highest BCUT2D eigenvalue weighted by Gasteiger charge is 2.27. The van der Waals surface area contributed by atoms with Gasteiger partial charge in [0.25, 0.3) is 0 Å². The second-order valence-corrected chi connectivity index (χ2v) is 12.0. The Morgan fingerprint density at radius 1 is 1.23 bits per heavy atom. The second kappa shape index (κ2) is 7.80. The van der Waals surface area contributed by atoms with E-state index in [-0.39, 0.29) is 14.5 Å². The van der Waals surface area contributed by atoms with Crippen LogP contribution in [0.2, 0.25) is 0 Å². The molecule has 30 heavy (non-hydrogen) atoms. The van der Waals surface area contributed by atoms with Gasteiger partial charge in [0.05, 0.1) is 15.9 Å². The highest BCUT2D eigenvalue weighted by atomic mass is 32.2. The molecule has 0 radical (unpaired) electrons. The molecule has 0 saturated carbocycles. The fourth-order valence-corrected chi connectivity index (χ4v) is 6.39. The summed E-state index contributed by atoms with van der Waals surface area (Å²) < 4.78 is 34.1. The number of rotatable bonds is 4. The van der Waals surface area contributed by atoms with E-state index in [4.69, 9.17) is 15.0 Å². The Morgan fingerprint density at radius 3 is 2.60 bits per heavy atom. The number of nitriles is 1. The van der Waals surface area contributed by atoms with Crippen LogP contribution >= 0.6 is 11.3 Å². The molecule has 0 unspecified atom stereocenters. The zero-order chi connectivity index (χ0) is 21.5. The van der Waals surface area contributed by atoms with E-state index in [2.05, 4.69) is 25.3 Å². The van der Waals surface area contributed by atoms with Crippen molar-refractivity contribution in [1.82, 2.24) is 9.55 Å². The summed E-state index contributed by atoms with van der Waals surface area (Å²) in [5.41, 5.74) is 1.47. The lowest BCUT2D eigenvalue weighted by Gasteiger charge is -2.26. The van der Waals surface area contributed by atoms with Gasteiger partial charge < -0.3 is 9.30 Å². The highest BCUT2D eigenvalue weighted by Crippen LogP contribution is 2.33. The molecule has 1 fully saturated rings. The standard InChI is InChI=1S/C22H25N3O3S2/c1-22(2,3)21-24-18-12-17(30(26,27)20-7-4-16(13-23)29-20)5-6-19(18)25(21)14-15-8-10-28-11-9-15/h4-7,12,15H,8-11,14H2,1-3H3. The molecule has 0 atom stereocenters. The van der Waals surface area contributed by atoms with Gasteiger partial charge in [0.2, 0.25) is 9.84 Å². The van der Waals surface area contributed by atoms with Crippen LogP contribution in [0.15, 0.2) is 39.4 Å². The van der Waals surface area contributed by atoms with Crippen molar-refractivity contribution in [1.29, 1.82) is 5.26 Å². The smallest absolute Gasteiger partial charge is 0.216 e. The van der Waals surface area contributed by atoms with Gasteiger partial charge >= 0.3 is 0 Å². The van der Waals surface area contributed by atoms with E-state index in [1.807, 2.05) is 12.1 Å². The Hall–Kier alpha value is -2.21. The number of aromatic nitrogens is 2. The van der Waals surface area contributed by atoms with Crippen LogP contribution in [0.4, 0.5) is 0 Å². The zero-order valence-corrected chi connectivity index (χ0v) is 19.0. The van der Waals surface area contributed by atoms with E-state index in [0.29, 0.717) is 16.3 Å². The highest BCUT2D eigenvalue weighted by molar-refractivity contribution is 7.93. The molecule has 3 heterocycles. The zero-order valence-electron chi connectivity index (χ0n) is 17.4. The van der Waals surface area contributed by atoms with Gasteiger partial charge in [0, 0.05) is 25.2 Å². The molecular weight excluding hydrogens is 418 g/mol. The van der Waals surface area contributed by atoms with Gasteiger partial charge in [-0.15, -0.1) is 11.3 Å². The largest absolute Gasteiger partial charge is 0.381 e. The van der Waals surface area contributed by atoms with Gasteiger partial charge in [-0.05, 0) is 49.1 Å². The number of nitrogens with zero attached hydrogens (tertiary/aromatic N) is 3. The van der Waals surface area contributed by atoms with Gasteiger partial charge in [0.1, 0.15) is 21.0 Å². The molecule has 0 bridgehead atoms. The van der Waals surface area contributed by atoms with Crippen molar-refractivity contribution in [3.8, 4) is 6.07 Å². The third kappa shape index (κ3) is 3.89. The third-order valence-electron chi connectivity index (χ3n) is 5.44. The van der Waals surface area contributed by atoms with Crippen LogP contribution in [0.3, 0.4) is 0 Å². The second-order valence-electron chi connectivity index (χ2n) is 8.74. The first kappa shape index (κ1) is 21.0. The predicted molar refractivity (Wildman–Crippen MR) is 116 cm³/mol. The van der Waals surface area contributed by atoms with Crippen molar-refractivity contribution >= 4 is 32.2 Å². The minimum Gasteiger partial charge on any atom is -0.381 e. The molecule has 0 amide bonds. The van der Waals surface area contributed by atoms with Crippen molar-refractivity contribution in [3.63, 3.8) is 0 Å². The summed E-state index contributed by atoms with van der Waals surface area (Å²) in [5, 5.41) is 9.02. The van der Waals surface area contributed by atoms with Crippen LogP contribution in [-0.2, 0) is 26.5 Å². The Kier molecular flexibility index (Phi) is 5.47. The summed E-state index contributed by atoms with van der Waals surface area (Å²) in [5.74, 6) is 1.48. The molecule has 0 spiro atoms. The third-order valence-corrected chi connectivity index (χ3v) is 8.67. The number of imidazole rings is 1. The molecule has 6 nitrogen and oxygen atoms in total. The van der Waals surface area contributed by atoms with E-state index in [1.54, 1.807) is 12.1 Å². The van der Waals surface area contributed by atoms with Crippen LogP contribution in [-0.4, -0.2) is 31.2 Å². The van der Waals surface area contributed by atoms with Crippen molar-refractivity contribution in [2.45, 2.75) is 54.7 Å². The van der Waals surface area contributed by atoms with Crippen molar-refractivity contribution in [3.05, 3.63) is 41.0 Å². The van der Waals surface area contributed by atoms with Gasteiger partial charge in [-0.1, -0.05) is 20.8 Å². The molecule has 0 aliphatic carbocycles. The first-order chi connectivity index (χ1) is 14.2. The number of hydrogen-bond donors (Lipinski definition) is 0. The van der Waals surface area contributed by atoms with Gasteiger partial charge in [-0.3, -0.25) is 0 Å². The summed E-state index contributed by atoms with van der Waals surface area (Å²) in [7, 11) is -3.68. The Labute approximate surface area is 181 Å². The van der Waals surface area contributed by atoms with Crippen molar-refractivity contribution < 1.29 is 13.2 Å². The molecule has 2 aromatic heterocycles. The average Bonchev–Trinajstić information content (AvgIpc) is 3.34. The number of ether oxygens (including phenoxy) is 1. The van der Waals surface area contributed by atoms with E-state index in [9.17, 15) is 8.42 Å². The maximum atomic E-state index is 13.1. The lowest BCUT2D eigenvalue weighted by Crippen LogP contribution is -2.25. The normalized spacial score (nSPS) is 16.1. The summed E-state index contributed by atoms with van der Waals surface area (Å²) >= 11 is 0.989. The molecule has 1 aromatic carbocycles. The van der Waals surface area contributed by atoms with Crippen LogP contribution in [0.1, 0.15) is 44.3 Å². The number of sulfone groups is 1. The fourth-order valence-electron chi connectivity index (χ4n) is 3.86. The summed E-state index contributed by atoms with van der Waals surface area (Å²) in [4.78, 5) is 5.44. The van der Waals surface area contributed by atoms with Gasteiger partial charge in [0.15, 0.2) is 0 Å². The SMILES string of the molecule is CC(C)(C)c1nc2cc(S(=O)(=O)c3ccc(C#N)s3)ccc2n1CC1CCOCC1. The van der Waals surface area contributed by atoms with Crippen molar-refractivity contribution in [2.24, 2.45) is 5.92 Å². The van der Waals surface area contributed by atoms with Gasteiger partial charge in [-0.25, -0.2) is 13.4 Å². The fraction of sp³-hybridized carbons (Fsp3) is 0.455. The number of thiophene rings is 1. The minimum absolute atomic E-state index is 0.168. The summed E-state index contributed by atoms with van der Waals surface area (Å²) in [6, 6.07) is 10.2. The molecular formula is C22H25N3O3S2. The number of benzene rings is 1. The van der Waals surface area contributed by atoms with Crippen LogP contribution in [0.25, 0.3) is 11.0 Å².